The van der Waals surface area contributed by atoms with Gasteiger partial charge in [-0.3, -0.25) is 0 Å². The Labute approximate surface area is 120 Å². The molecule has 2 rings (SSSR count). The SMILES string of the molecule is COc1ccc(CNCCc2ccc(O)cc2)cc1C. The van der Waals surface area contributed by atoms with Crippen molar-refractivity contribution in [2.75, 3.05) is 13.7 Å². The predicted octanol–water partition coefficient (Wildman–Crippen LogP) is 3.04. The summed E-state index contributed by atoms with van der Waals surface area (Å²) in [5.74, 6) is 1.24. The van der Waals surface area contributed by atoms with Crippen molar-refractivity contribution < 1.29 is 9.84 Å². The first-order chi connectivity index (χ1) is 9.69. The Bertz CT molecular complexity index is 549. The Hall–Kier alpha value is -2.00. The first-order valence-corrected chi connectivity index (χ1v) is 6.81. The molecule has 0 unspecified atom stereocenters. The first kappa shape index (κ1) is 14.4. The number of aryl methyl sites for hydroxylation is 1. The van der Waals surface area contributed by atoms with E-state index in [1.165, 1.54) is 11.1 Å². The molecular formula is C17H21NO2. The maximum atomic E-state index is 9.22. The number of hydrogen-bond donors (Lipinski definition) is 2. The lowest BCUT2D eigenvalue weighted by Crippen LogP contribution is -2.16. The van der Waals surface area contributed by atoms with E-state index in [-0.39, 0.29) is 0 Å². The molecule has 3 nitrogen and oxygen atoms in total. The summed E-state index contributed by atoms with van der Waals surface area (Å²) >= 11 is 0. The van der Waals surface area contributed by atoms with E-state index in [0.29, 0.717) is 5.75 Å². The minimum absolute atomic E-state index is 0.315. The van der Waals surface area contributed by atoms with Gasteiger partial charge in [0.1, 0.15) is 11.5 Å². The number of phenols is 1. The molecule has 0 aliphatic rings. The average Bonchev–Trinajstić information content (AvgIpc) is 2.46. The van der Waals surface area contributed by atoms with E-state index < -0.39 is 0 Å². The van der Waals surface area contributed by atoms with Crippen molar-refractivity contribution in [1.82, 2.24) is 5.32 Å². The normalized spacial score (nSPS) is 10.5. The average molecular weight is 271 g/mol. The molecule has 2 aromatic carbocycles. The molecule has 0 heterocycles. The summed E-state index contributed by atoms with van der Waals surface area (Å²) in [7, 11) is 1.69. The molecular weight excluding hydrogens is 250 g/mol. The van der Waals surface area contributed by atoms with Gasteiger partial charge in [0.15, 0.2) is 0 Å². The van der Waals surface area contributed by atoms with Crippen molar-refractivity contribution in [3.63, 3.8) is 0 Å². The molecule has 0 aromatic heterocycles. The fourth-order valence-electron chi connectivity index (χ4n) is 2.18. The van der Waals surface area contributed by atoms with Crippen LogP contribution in [-0.4, -0.2) is 18.8 Å². The number of methoxy groups -OCH3 is 1. The molecule has 0 aliphatic carbocycles. The van der Waals surface area contributed by atoms with Gasteiger partial charge in [-0.15, -0.1) is 0 Å². The summed E-state index contributed by atoms with van der Waals surface area (Å²) in [4.78, 5) is 0. The Morgan fingerprint density at radius 1 is 1.05 bits per heavy atom. The number of ether oxygens (including phenoxy) is 1. The van der Waals surface area contributed by atoms with Crippen LogP contribution in [0.25, 0.3) is 0 Å². The van der Waals surface area contributed by atoms with Crippen LogP contribution in [0.4, 0.5) is 0 Å². The van der Waals surface area contributed by atoms with E-state index in [1.54, 1.807) is 19.2 Å². The highest BCUT2D eigenvalue weighted by molar-refractivity contribution is 5.36. The summed E-state index contributed by atoms with van der Waals surface area (Å²) in [5, 5.41) is 12.6. The molecule has 0 bridgehead atoms. The Morgan fingerprint density at radius 3 is 2.40 bits per heavy atom. The molecule has 106 valence electrons. The zero-order chi connectivity index (χ0) is 14.4. The Balaban J connectivity index is 1.78. The standard InChI is InChI=1S/C17H21NO2/c1-13-11-15(5-8-17(13)20-2)12-18-10-9-14-3-6-16(19)7-4-14/h3-8,11,18-19H,9-10,12H2,1-2H3. The van der Waals surface area contributed by atoms with Crippen molar-refractivity contribution in [3.05, 3.63) is 59.2 Å². The summed E-state index contributed by atoms with van der Waals surface area (Å²) in [6.45, 7) is 3.82. The van der Waals surface area contributed by atoms with Crippen LogP contribution in [0.1, 0.15) is 16.7 Å². The maximum absolute atomic E-state index is 9.22. The second kappa shape index (κ2) is 6.96. The molecule has 0 aliphatic heterocycles. The molecule has 2 aromatic rings. The Morgan fingerprint density at radius 2 is 1.75 bits per heavy atom. The third-order valence-electron chi connectivity index (χ3n) is 3.32. The molecule has 3 heteroatoms. The molecule has 0 spiro atoms. The number of hydrogen-bond acceptors (Lipinski definition) is 3. The van der Waals surface area contributed by atoms with E-state index >= 15 is 0 Å². The van der Waals surface area contributed by atoms with Crippen LogP contribution in [0.3, 0.4) is 0 Å². The van der Waals surface area contributed by atoms with Gasteiger partial charge in [0.05, 0.1) is 7.11 Å². The van der Waals surface area contributed by atoms with Crippen molar-refractivity contribution in [2.24, 2.45) is 0 Å². The lowest BCUT2D eigenvalue weighted by molar-refractivity contribution is 0.411. The minimum Gasteiger partial charge on any atom is -0.508 e. The third-order valence-corrected chi connectivity index (χ3v) is 3.32. The van der Waals surface area contributed by atoms with Crippen LogP contribution in [0.2, 0.25) is 0 Å². The molecule has 2 N–H and O–H groups in total. The van der Waals surface area contributed by atoms with E-state index in [9.17, 15) is 5.11 Å². The first-order valence-electron chi connectivity index (χ1n) is 6.81. The van der Waals surface area contributed by atoms with Crippen LogP contribution in [-0.2, 0) is 13.0 Å². The maximum Gasteiger partial charge on any atom is 0.121 e. The quantitative estimate of drug-likeness (QED) is 0.793. The predicted molar refractivity (Wildman–Crippen MR) is 81.2 cm³/mol. The lowest BCUT2D eigenvalue weighted by Gasteiger charge is -2.09. The van der Waals surface area contributed by atoms with Crippen LogP contribution in [0, 0.1) is 6.92 Å². The molecule has 0 amide bonds. The zero-order valence-electron chi connectivity index (χ0n) is 12.0. The van der Waals surface area contributed by atoms with Crippen LogP contribution in [0.5, 0.6) is 11.5 Å². The van der Waals surface area contributed by atoms with Gasteiger partial charge in [0.2, 0.25) is 0 Å². The van der Waals surface area contributed by atoms with Gasteiger partial charge in [0.25, 0.3) is 0 Å². The van der Waals surface area contributed by atoms with E-state index in [0.717, 1.165) is 30.8 Å². The molecule has 20 heavy (non-hydrogen) atoms. The van der Waals surface area contributed by atoms with Gasteiger partial charge in [0, 0.05) is 6.54 Å². The van der Waals surface area contributed by atoms with Crippen molar-refractivity contribution >= 4 is 0 Å². The Kier molecular flexibility index (Phi) is 5.02. The summed E-state index contributed by atoms with van der Waals surface area (Å²) < 4.78 is 5.25. The van der Waals surface area contributed by atoms with E-state index in [2.05, 4.69) is 24.4 Å². The highest BCUT2D eigenvalue weighted by atomic mass is 16.5. The van der Waals surface area contributed by atoms with Crippen molar-refractivity contribution in [3.8, 4) is 11.5 Å². The summed E-state index contributed by atoms with van der Waals surface area (Å²) in [5.41, 5.74) is 3.64. The molecule has 0 saturated heterocycles. The highest BCUT2D eigenvalue weighted by Crippen LogP contribution is 2.18. The fraction of sp³-hybridized carbons (Fsp3) is 0.294. The summed E-state index contributed by atoms with van der Waals surface area (Å²) in [6, 6.07) is 13.6. The number of benzene rings is 2. The molecule has 0 fully saturated rings. The van der Waals surface area contributed by atoms with Crippen LogP contribution < -0.4 is 10.1 Å². The van der Waals surface area contributed by atoms with Crippen molar-refractivity contribution in [2.45, 2.75) is 19.9 Å². The molecule has 0 atom stereocenters. The topological polar surface area (TPSA) is 41.5 Å². The minimum atomic E-state index is 0.315. The largest absolute Gasteiger partial charge is 0.508 e. The highest BCUT2D eigenvalue weighted by Gasteiger charge is 2.00. The lowest BCUT2D eigenvalue weighted by atomic mass is 10.1. The second-order valence-corrected chi connectivity index (χ2v) is 4.90. The van der Waals surface area contributed by atoms with Crippen LogP contribution in [0.15, 0.2) is 42.5 Å². The summed E-state index contributed by atoms with van der Waals surface area (Å²) in [6.07, 6.45) is 0.954. The fourth-order valence-corrected chi connectivity index (χ4v) is 2.18. The molecule has 0 radical (unpaired) electrons. The van der Waals surface area contributed by atoms with Gasteiger partial charge in [-0.1, -0.05) is 24.3 Å². The monoisotopic (exact) mass is 271 g/mol. The van der Waals surface area contributed by atoms with Gasteiger partial charge < -0.3 is 15.2 Å². The van der Waals surface area contributed by atoms with Crippen molar-refractivity contribution in [1.29, 1.82) is 0 Å². The number of nitrogens with one attached hydrogen (secondary N) is 1. The third kappa shape index (κ3) is 4.00. The zero-order valence-corrected chi connectivity index (χ0v) is 12.0. The van der Waals surface area contributed by atoms with Crippen LogP contribution >= 0.6 is 0 Å². The number of rotatable bonds is 6. The van der Waals surface area contributed by atoms with Gasteiger partial charge in [-0.05, 0) is 54.8 Å². The second-order valence-electron chi connectivity index (χ2n) is 4.90. The van der Waals surface area contributed by atoms with Gasteiger partial charge in [-0.2, -0.15) is 0 Å². The number of aromatic hydroxyl groups is 1. The van der Waals surface area contributed by atoms with E-state index in [1.807, 2.05) is 18.2 Å². The van der Waals surface area contributed by atoms with Gasteiger partial charge >= 0.3 is 0 Å². The number of phenolic OH excluding ortho intramolecular Hbond substituents is 1. The van der Waals surface area contributed by atoms with Gasteiger partial charge in [-0.25, -0.2) is 0 Å². The van der Waals surface area contributed by atoms with E-state index in [4.69, 9.17) is 4.74 Å². The smallest absolute Gasteiger partial charge is 0.121 e. The molecule has 0 saturated carbocycles.